The lowest BCUT2D eigenvalue weighted by atomic mass is 9.89. The molecule has 1 aromatic heterocycles. The van der Waals surface area contributed by atoms with Crippen LogP contribution in [0.4, 0.5) is 0 Å². The van der Waals surface area contributed by atoms with Crippen LogP contribution in [-0.4, -0.2) is 9.97 Å². The highest BCUT2D eigenvalue weighted by Gasteiger charge is 2.18. The highest BCUT2D eigenvalue weighted by atomic mass is 32.1. The number of hydrogen-bond donors (Lipinski definition) is 1. The molecule has 0 aliphatic heterocycles. The Balaban J connectivity index is 2.79. The molecular weight excluding hydrogens is 252 g/mol. The van der Waals surface area contributed by atoms with E-state index < -0.39 is 0 Å². The lowest BCUT2D eigenvalue weighted by molar-refractivity contribution is 0.571. The first-order valence-corrected chi connectivity index (χ1v) is 6.97. The molecule has 1 aromatic carbocycles. The maximum absolute atomic E-state index is 5.89. The number of nitrogens with two attached hydrogens (primary N) is 1. The molecule has 0 radical (unpaired) electrons. The smallest absolute Gasteiger partial charge is 0.104 e. The van der Waals surface area contributed by atoms with Gasteiger partial charge in [-0.3, -0.25) is 4.98 Å². The van der Waals surface area contributed by atoms with Crippen molar-refractivity contribution >= 4 is 28.1 Å². The van der Waals surface area contributed by atoms with E-state index in [1.165, 1.54) is 5.56 Å². The summed E-state index contributed by atoms with van der Waals surface area (Å²) >= 11 is 5.20. The van der Waals surface area contributed by atoms with Gasteiger partial charge in [-0.2, -0.15) is 0 Å². The number of pyridine rings is 1. The first-order chi connectivity index (χ1) is 8.82. The zero-order valence-electron chi connectivity index (χ0n) is 11.9. The molecule has 0 fully saturated rings. The quantitative estimate of drug-likeness (QED) is 0.847. The lowest BCUT2D eigenvalue weighted by Crippen LogP contribution is -2.17. The molecule has 2 N–H and O–H groups in total. The molecule has 19 heavy (non-hydrogen) atoms. The van der Waals surface area contributed by atoms with Crippen LogP contribution in [0.2, 0.25) is 0 Å². The van der Waals surface area contributed by atoms with E-state index in [-0.39, 0.29) is 5.41 Å². The van der Waals surface area contributed by atoms with Crippen molar-refractivity contribution < 1.29 is 0 Å². The van der Waals surface area contributed by atoms with Crippen molar-refractivity contribution in [2.75, 3.05) is 0 Å². The molecule has 2 nitrogen and oxygen atoms in total. The third-order valence-electron chi connectivity index (χ3n) is 3.32. The Morgan fingerprint density at radius 1 is 1.26 bits per heavy atom. The van der Waals surface area contributed by atoms with Crippen LogP contribution >= 0.6 is 12.2 Å². The maximum atomic E-state index is 5.89. The first-order valence-electron chi connectivity index (χ1n) is 6.57. The molecule has 0 saturated carbocycles. The molecule has 0 aliphatic rings. The summed E-state index contributed by atoms with van der Waals surface area (Å²) in [6, 6.07) is 8.35. The highest BCUT2D eigenvalue weighted by molar-refractivity contribution is 7.80. The van der Waals surface area contributed by atoms with Gasteiger partial charge in [0.05, 0.1) is 5.52 Å². The van der Waals surface area contributed by atoms with E-state index in [1.54, 1.807) is 0 Å². The summed E-state index contributed by atoms with van der Waals surface area (Å²) in [6.07, 6.45) is 0.994. The standard InChI is InChI=1S/C16H20N2S/c1-5-10-6-7-13-11(8-10)12(15(17)19)9-14(18-13)16(2,3)4/h6-9H,5H2,1-4H3,(H2,17,19). The predicted octanol–water partition coefficient (Wildman–Crippen LogP) is 3.73. The molecule has 0 atom stereocenters. The SMILES string of the molecule is CCc1ccc2nc(C(C)(C)C)cc(C(N)=S)c2c1. The number of benzene rings is 1. The number of rotatable bonds is 2. The van der Waals surface area contributed by atoms with E-state index in [2.05, 4.69) is 45.9 Å². The van der Waals surface area contributed by atoms with Crippen molar-refractivity contribution in [2.45, 2.75) is 39.5 Å². The lowest BCUT2D eigenvalue weighted by Gasteiger charge is -2.20. The second-order valence-corrected chi connectivity index (χ2v) is 6.31. The molecular formula is C16H20N2S. The highest BCUT2D eigenvalue weighted by Crippen LogP contribution is 2.27. The van der Waals surface area contributed by atoms with Gasteiger partial charge >= 0.3 is 0 Å². The molecule has 0 spiro atoms. The summed E-state index contributed by atoms with van der Waals surface area (Å²) in [5.41, 5.74) is 10.1. The molecule has 2 aromatic rings. The molecule has 1 heterocycles. The van der Waals surface area contributed by atoms with E-state index in [0.29, 0.717) is 4.99 Å². The van der Waals surface area contributed by atoms with Gasteiger partial charge in [-0.15, -0.1) is 0 Å². The zero-order chi connectivity index (χ0) is 14.2. The Bertz CT molecular complexity index is 639. The summed E-state index contributed by atoms with van der Waals surface area (Å²) in [6.45, 7) is 8.57. The third kappa shape index (κ3) is 2.76. The maximum Gasteiger partial charge on any atom is 0.104 e. The Morgan fingerprint density at radius 3 is 2.47 bits per heavy atom. The molecule has 0 aliphatic carbocycles. The summed E-state index contributed by atoms with van der Waals surface area (Å²) < 4.78 is 0. The van der Waals surface area contributed by atoms with Gasteiger partial charge in [-0.1, -0.05) is 46.0 Å². The molecule has 0 bridgehead atoms. The number of thiocarbonyl (C=S) groups is 1. The molecule has 0 saturated heterocycles. The summed E-state index contributed by atoms with van der Waals surface area (Å²) in [5.74, 6) is 0. The van der Waals surface area contributed by atoms with Crippen LogP contribution in [0.25, 0.3) is 10.9 Å². The second-order valence-electron chi connectivity index (χ2n) is 5.87. The van der Waals surface area contributed by atoms with Gasteiger partial charge in [0.25, 0.3) is 0 Å². The van der Waals surface area contributed by atoms with Gasteiger partial charge in [0.2, 0.25) is 0 Å². The Kier molecular flexibility index (Phi) is 3.59. The van der Waals surface area contributed by atoms with E-state index >= 15 is 0 Å². The summed E-state index contributed by atoms with van der Waals surface area (Å²) in [4.78, 5) is 5.19. The Morgan fingerprint density at radius 2 is 1.95 bits per heavy atom. The third-order valence-corrected chi connectivity index (χ3v) is 3.54. The van der Waals surface area contributed by atoms with E-state index in [9.17, 15) is 0 Å². The van der Waals surface area contributed by atoms with Crippen LogP contribution in [0.5, 0.6) is 0 Å². The number of aromatic nitrogens is 1. The normalized spacial score (nSPS) is 11.8. The van der Waals surface area contributed by atoms with Crippen molar-refractivity contribution in [1.29, 1.82) is 0 Å². The minimum absolute atomic E-state index is 0.0167. The van der Waals surface area contributed by atoms with E-state index in [0.717, 1.165) is 28.6 Å². The van der Waals surface area contributed by atoms with Gasteiger partial charge in [0.15, 0.2) is 0 Å². The number of hydrogen-bond acceptors (Lipinski definition) is 2. The average Bonchev–Trinajstić information content (AvgIpc) is 2.35. The molecule has 3 heteroatoms. The van der Waals surface area contributed by atoms with E-state index in [4.69, 9.17) is 22.9 Å². The number of nitrogens with zero attached hydrogens (tertiary/aromatic N) is 1. The largest absolute Gasteiger partial charge is 0.389 e. The number of fused-ring (bicyclic) bond motifs is 1. The van der Waals surface area contributed by atoms with E-state index in [1.807, 2.05) is 6.07 Å². The fraction of sp³-hybridized carbons (Fsp3) is 0.375. The van der Waals surface area contributed by atoms with Gasteiger partial charge in [-0.25, -0.2) is 0 Å². The van der Waals surface area contributed by atoms with Crippen molar-refractivity contribution in [3.05, 3.63) is 41.1 Å². The average molecular weight is 272 g/mol. The number of aryl methyl sites for hydroxylation is 1. The minimum Gasteiger partial charge on any atom is -0.389 e. The minimum atomic E-state index is -0.0167. The van der Waals surface area contributed by atoms with Crippen LogP contribution in [-0.2, 0) is 11.8 Å². The molecule has 0 unspecified atom stereocenters. The van der Waals surface area contributed by atoms with Gasteiger partial charge in [0.1, 0.15) is 4.99 Å². The fourth-order valence-electron chi connectivity index (χ4n) is 2.08. The monoisotopic (exact) mass is 272 g/mol. The Hall–Kier alpha value is -1.48. The van der Waals surface area contributed by atoms with Crippen LogP contribution < -0.4 is 5.73 Å². The fourth-order valence-corrected chi connectivity index (χ4v) is 2.25. The second kappa shape index (κ2) is 4.89. The van der Waals surface area contributed by atoms with Crippen molar-refractivity contribution in [1.82, 2.24) is 4.98 Å². The van der Waals surface area contributed by atoms with Crippen LogP contribution in [0.3, 0.4) is 0 Å². The molecule has 100 valence electrons. The van der Waals surface area contributed by atoms with Crippen molar-refractivity contribution in [3.63, 3.8) is 0 Å². The topological polar surface area (TPSA) is 38.9 Å². The van der Waals surface area contributed by atoms with Crippen LogP contribution in [0.15, 0.2) is 24.3 Å². The van der Waals surface area contributed by atoms with Crippen LogP contribution in [0, 0.1) is 0 Å². The summed E-state index contributed by atoms with van der Waals surface area (Å²) in [5, 5.41) is 1.06. The predicted molar refractivity (Wildman–Crippen MR) is 85.7 cm³/mol. The first kappa shape index (κ1) is 13.9. The van der Waals surface area contributed by atoms with Crippen LogP contribution in [0.1, 0.15) is 44.5 Å². The van der Waals surface area contributed by atoms with Gasteiger partial charge in [-0.05, 0) is 30.2 Å². The van der Waals surface area contributed by atoms with Crippen molar-refractivity contribution in [2.24, 2.45) is 5.73 Å². The Labute approximate surface area is 120 Å². The molecule has 2 rings (SSSR count). The summed E-state index contributed by atoms with van der Waals surface area (Å²) in [7, 11) is 0. The molecule has 0 amide bonds. The van der Waals surface area contributed by atoms with Gasteiger partial charge in [0, 0.05) is 22.1 Å². The zero-order valence-corrected chi connectivity index (χ0v) is 12.8. The van der Waals surface area contributed by atoms with Crippen molar-refractivity contribution in [3.8, 4) is 0 Å². The van der Waals surface area contributed by atoms with Gasteiger partial charge < -0.3 is 5.73 Å².